The molecule has 0 spiro atoms. The zero-order valence-corrected chi connectivity index (χ0v) is 13.9. The van der Waals surface area contributed by atoms with Crippen LogP contribution in [-0.4, -0.2) is 26.7 Å². The molecule has 4 rings (SSSR count). The summed E-state index contributed by atoms with van der Waals surface area (Å²) in [5.41, 5.74) is 2.91. The van der Waals surface area contributed by atoms with E-state index in [1.54, 1.807) is 11.3 Å². The summed E-state index contributed by atoms with van der Waals surface area (Å²) in [6.07, 6.45) is 6.47. The summed E-state index contributed by atoms with van der Waals surface area (Å²) in [6, 6.07) is 8.49. The number of rotatable bonds is 3. The molecule has 0 aromatic carbocycles. The highest BCUT2D eigenvalue weighted by atomic mass is 32.1. The second-order valence-electron chi connectivity index (χ2n) is 6.09. The van der Waals surface area contributed by atoms with Crippen LogP contribution in [0.15, 0.2) is 42.0 Å². The lowest BCUT2D eigenvalue weighted by Crippen LogP contribution is -2.31. The summed E-state index contributed by atoms with van der Waals surface area (Å²) in [7, 11) is 0. The van der Waals surface area contributed by atoms with Gasteiger partial charge in [0.2, 0.25) is 5.91 Å². The molecule has 1 fully saturated rings. The first-order valence-electron chi connectivity index (χ1n) is 7.98. The Hall–Kier alpha value is -2.14. The third-order valence-corrected chi connectivity index (χ3v) is 5.48. The van der Waals surface area contributed by atoms with E-state index >= 15 is 0 Å². The van der Waals surface area contributed by atoms with Gasteiger partial charge in [-0.15, -0.1) is 11.3 Å². The van der Waals surface area contributed by atoms with Crippen molar-refractivity contribution in [2.75, 3.05) is 6.54 Å². The monoisotopic (exact) mass is 325 g/mol. The van der Waals surface area contributed by atoms with Crippen molar-refractivity contribution in [2.45, 2.75) is 32.2 Å². The van der Waals surface area contributed by atoms with Crippen LogP contribution >= 0.6 is 11.3 Å². The lowest BCUT2D eigenvalue weighted by Gasteiger charge is -2.23. The Morgan fingerprint density at radius 1 is 1.39 bits per heavy atom. The van der Waals surface area contributed by atoms with Crippen LogP contribution < -0.4 is 0 Å². The van der Waals surface area contributed by atoms with Gasteiger partial charge in [-0.3, -0.25) is 4.79 Å². The molecule has 3 aromatic heterocycles. The molecule has 5 heteroatoms. The van der Waals surface area contributed by atoms with E-state index in [0.29, 0.717) is 6.42 Å². The average molecular weight is 325 g/mol. The summed E-state index contributed by atoms with van der Waals surface area (Å²) >= 11 is 1.74. The van der Waals surface area contributed by atoms with Gasteiger partial charge >= 0.3 is 0 Å². The molecule has 1 saturated heterocycles. The van der Waals surface area contributed by atoms with E-state index in [9.17, 15) is 4.79 Å². The van der Waals surface area contributed by atoms with E-state index in [-0.39, 0.29) is 11.9 Å². The average Bonchev–Trinajstić information content (AvgIpc) is 3.27. The molecular weight excluding hydrogens is 306 g/mol. The zero-order valence-electron chi connectivity index (χ0n) is 13.1. The van der Waals surface area contributed by atoms with Gasteiger partial charge in [-0.25, -0.2) is 4.98 Å². The molecule has 0 N–H and O–H groups in total. The zero-order chi connectivity index (χ0) is 15.8. The van der Waals surface area contributed by atoms with Gasteiger partial charge in [-0.1, -0.05) is 12.1 Å². The van der Waals surface area contributed by atoms with Crippen molar-refractivity contribution < 1.29 is 4.79 Å². The number of hydrogen-bond donors (Lipinski definition) is 0. The normalized spacial score (nSPS) is 18.0. The molecule has 23 heavy (non-hydrogen) atoms. The first-order valence-corrected chi connectivity index (χ1v) is 8.86. The Labute approximate surface area is 139 Å². The van der Waals surface area contributed by atoms with Crippen LogP contribution in [-0.2, 0) is 11.2 Å². The van der Waals surface area contributed by atoms with E-state index in [4.69, 9.17) is 0 Å². The van der Waals surface area contributed by atoms with Crippen molar-refractivity contribution in [1.29, 1.82) is 0 Å². The standard InChI is InChI=1S/C18H19N3OS/c1-13-5-2-8-20-12-14(19-18(13)20)11-17(22)21-9-3-6-15(21)16-7-4-10-23-16/h2,4-5,7-8,10,12,15H,3,6,9,11H2,1H3/t15-/m1/s1. The van der Waals surface area contributed by atoms with E-state index in [2.05, 4.69) is 22.5 Å². The topological polar surface area (TPSA) is 37.6 Å². The Bertz CT molecular complexity index is 837. The molecule has 0 bridgehead atoms. The van der Waals surface area contributed by atoms with E-state index < -0.39 is 0 Å². The maximum absolute atomic E-state index is 12.8. The number of aryl methyl sites for hydroxylation is 1. The molecule has 1 aliphatic heterocycles. The van der Waals surface area contributed by atoms with E-state index in [1.165, 1.54) is 4.88 Å². The second kappa shape index (κ2) is 5.81. The summed E-state index contributed by atoms with van der Waals surface area (Å²) in [5.74, 6) is 0.182. The summed E-state index contributed by atoms with van der Waals surface area (Å²) in [4.78, 5) is 20.7. The third kappa shape index (κ3) is 2.65. The van der Waals surface area contributed by atoms with Crippen molar-refractivity contribution in [2.24, 2.45) is 0 Å². The minimum absolute atomic E-state index is 0.182. The summed E-state index contributed by atoms with van der Waals surface area (Å²) in [5, 5.41) is 2.08. The number of nitrogens with zero attached hydrogens (tertiary/aromatic N) is 3. The van der Waals surface area contributed by atoms with Gasteiger partial charge in [0.05, 0.1) is 18.2 Å². The number of carbonyl (C=O) groups excluding carboxylic acids is 1. The van der Waals surface area contributed by atoms with Crippen molar-refractivity contribution >= 4 is 22.9 Å². The Balaban J connectivity index is 1.55. The fraction of sp³-hybridized carbons (Fsp3) is 0.333. The predicted octanol–water partition coefficient (Wildman–Crippen LogP) is 3.61. The maximum Gasteiger partial charge on any atom is 0.229 e. The number of likely N-dealkylation sites (tertiary alicyclic amines) is 1. The highest BCUT2D eigenvalue weighted by Gasteiger charge is 2.30. The first kappa shape index (κ1) is 14.5. The van der Waals surface area contributed by atoms with E-state index in [1.807, 2.05) is 40.8 Å². The molecule has 0 saturated carbocycles. The molecule has 4 nitrogen and oxygen atoms in total. The van der Waals surface area contributed by atoms with Gasteiger partial charge < -0.3 is 9.30 Å². The van der Waals surface area contributed by atoms with Crippen LogP contribution in [0.25, 0.3) is 5.65 Å². The highest BCUT2D eigenvalue weighted by Crippen LogP contribution is 2.34. The van der Waals surface area contributed by atoms with Crippen LogP contribution in [0.2, 0.25) is 0 Å². The highest BCUT2D eigenvalue weighted by molar-refractivity contribution is 7.10. The molecule has 3 aromatic rings. The fourth-order valence-electron chi connectivity index (χ4n) is 3.39. The van der Waals surface area contributed by atoms with Gasteiger partial charge in [0.25, 0.3) is 0 Å². The summed E-state index contributed by atoms with van der Waals surface area (Å²) < 4.78 is 2.00. The minimum atomic E-state index is 0.182. The lowest BCUT2D eigenvalue weighted by molar-refractivity contribution is -0.131. The third-order valence-electron chi connectivity index (χ3n) is 4.50. The Morgan fingerprint density at radius 2 is 2.30 bits per heavy atom. The van der Waals surface area contributed by atoms with Crippen molar-refractivity contribution in [1.82, 2.24) is 14.3 Å². The smallest absolute Gasteiger partial charge is 0.229 e. The van der Waals surface area contributed by atoms with Crippen molar-refractivity contribution in [3.8, 4) is 0 Å². The van der Waals surface area contributed by atoms with Crippen LogP contribution in [0.5, 0.6) is 0 Å². The fourth-order valence-corrected chi connectivity index (χ4v) is 4.26. The molecule has 0 aliphatic carbocycles. The molecule has 1 aliphatic rings. The number of hydrogen-bond acceptors (Lipinski definition) is 3. The molecule has 0 radical (unpaired) electrons. The molecular formula is C18H19N3OS. The number of thiophene rings is 1. The Kier molecular flexibility index (Phi) is 3.65. The van der Waals surface area contributed by atoms with Crippen LogP contribution in [0.4, 0.5) is 0 Å². The van der Waals surface area contributed by atoms with Gasteiger partial charge in [-0.05, 0) is 42.8 Å². The molecule has 0 unspecified atom stereocenters. The van der Waals surface area contributed by atoms with Gasteiger partial charge in [0.1, 0.15) is 5.65 Å². The van der Waals surface area contributed by atoms with Gasteiger partial charge in [0.15, 0.2) is 0 Å². The number of pyridine rings is 1. The number of imidazole rings is 1. The molecule has 118 valence electrons. The quantitative estimate of drug-likeness (QED) is 0.738. The van der Waals surface area contributed by atoms with Crippen LogP contribution in [0.3, 0.4) is 0 Å². The van der Waals surface area contributed by atoms with Crippen LogP contribution in [0, 0.1) is 6.92 Å². The molecule has 1 amide bonds. The van der Waals surface area contributed by atoms with E-state index in [0.717, 1.165) is 36.3 Å². The Morgan fingerprint density at radius 3 is 3.09 bits per heavy atom. The van der Waals surface area contributed by atoms with Crippen LogP contribution in [0.1, 0.15) is 35.0 Å². The lowest BCUT2D eigenvalue weighted by atomic mass is 10.2. The molecule has 1 atom stereocenters. The second-order valence-corrected chi connectivity index (χ2v) is 7.07. The number of fused-ring (bicyclic) bond motifs is 1. The number of carbonyl (C=O) groups is 1. The maximum atomic E-state index is 12.8. The van der Waals surface area contributed by atoms with Gasteiger partial charge in [-0.2, -0.15) is 0 Å². The van der Waals surface area contributed by atoms with Crippen molar-refractivity contribution in [3.05, 3.63) is 58.2 Å². The van der Waals surface area contributed by atoms with Crippen molar-refractivity contribution in [3.63, 3.8) is 0 Å². The number of amides is 1. The predicted molar refractivity (Wildman–Crippen MR) is 91.6 cm³/mol. The van der Waals surface area contributed by atoms with Gasteiger partial charge in [0, 0.05) is 23.8 Å². The number of aromatic nitrogens is 2. The first-order chi connectivity index (χ1) is 11.2. The largest absolute Gasteiger partial charge is 0.335 e. The molecule has 4 heterocycles. The summed E-state index contributed by atoms with van der Waals surface area (Å²) in [6.45, 7) is 2.90. The minimum Gasteiger partial charge on any atom is -0.335 e. The SMILES string of the molecule is Cc1cccn2cc(CC(=O)N3CCC[C@@H]3c3cccs3)nc12.